The number of hydrogen-bond donors (Lipinski definition) is 2. The van der Waals surface area contributed by atoms with Crippen LogP contribution in [0.4, 0.5) is 0 Å². The Morgan fingerprint density at radius 2 is 2.05 bits per heavy atom. The zero-order valence-electron chi connectivity index (χ0n) is 12.1. The standard InChI is InChI=1S/C13H25N3O3S/c1-13(12(14)17)5-8-16(10-13)20(18,19)9-4-11-2-6-15-7-3-11/h11,15H,2-10H2,1H3,(H2,14,17). The van der Waals surface area contributed by atoms with E-state index in [9.17, 15) is 13.2 Å². The number of sulfonamides is 1. The van der Waals surface area contributed by atoms with Crippen molar-refractivity contribution in [2.24, 2.45) is 17.1 Å². The second kappa shape index (κ2) is 5.99. The summed E-state index contributed by atoms with van der Waals surface area (Å²) in [6.07, 6.45) is 3.34. The lowest BCUT2D eigenvalue weighted by atomic mass is 9.89. The first-order chi connectivity index (χ1) is 9.33. The molecule has 0 radical (unpaired) electrons. The van der Waals surface area contributed by atoms with Gasteiger partial charge in [-0.15, -0.1) is 0 Å². The van der Waals surface area contributed by atoms with Gasteiger partial charge in [-0.1, -0.05) is 0 Å². The van der Waals surface area contributed by atoms with Crippen LogP contribution in [0.15, 0.2) is 0 Å². The van der Waals surface area contributed by atoms with Gasteiger partial charge in [0.25, 0.3) is 0 Å². The number of piperidine rings is 1. The van der Waals surface area contributed by atoms with Crippen LogP contribution in [0.3, 0.4) is 0 Å². The Balaban J connectivity index is 1.89. The molecule has 2 heterocycles. The molecule has 3 N–H and O–H groups in total. The van der Waals surface area contributed by atoms with Crippen molar-refractivity contribution in [3.63, 3.8) is 0 Å². The maximum atomic E-state index is 12.3. The molecule has 0 spiro atoms. The third-order valence-electron chi connectivity index (χ3n) is 4.67. The molecule has 7 heteroatoms. The minimum Gasteiger partial charge on any atom is -0.369 e. The molecular formula is C13H25N3O3S. The number of carbonyl (C=O) groups is 1. The van der Waals surface area contributed by atoms with Crippen LogP contribution < -0.4 is 11.1 Å². The van der Waals surface area contributed by atoms with E-state index in [1.165, 1.54) is 4.31 Å². The van der Waals surface area contributed by atoms with E-state index in [1.54, 1.807) is 6.92 Å². The number of nitrogens with zero attached hydrogens (tertiary/aromatic N) is 1. The van der Waals surface area contributed by atoms with Crippen molar-refractivity contribution in [1.82, 2.24) is 9.62 Å². The van der Waals surface area contributed by atoms with Gasteiger partial charge in [0.2, 0.25) is 15.9 Å². The third kappa shape index (κ3) is 3.51. The SMILES string of the molecule is CC1(C(N)=O)CCN(S(=O)(=O)CCC2CCNCC2)C1. The zero-order chi connectivity index (χ0) is 14.8. The Morgan fingerprint density at radius 3 is 2.60 bits per heavy atom. The molecule has 2 aliphatic heterocycles. The molecule has 2 aliphatic rings. The fraction of sp³-hybridized carbons (Fsp3) is 0.923. The predicted octanol–water partition coefficient (Wildman–Crippen LogP) is -0.0968. The highest BCUT2D eigenvalue weighted by Crippen LogP contribution is 2.31. The van der Waals surface area contributed by atoms with E-state index >= 15 is 0 Å². The highest BCUT2D eigenvalue weighted by Gasteiger charge is 2.43. The molecule has 1 amide bonds. The molecule has 1 atom stereocenters. The summed E-state index contributed by atoms with van der Waals surface area (Å²) in [6.45, 7) is 4.35. The predicted molar refractivity (Wildman–Crippen MR) is 77.5 cm³/mol. The summed E-state index contributed by atoms with van der Waals surface area (Å²) < 4.78 is 26.1. The largest absolute Gasteiger partial charge is 0.369 e. The van der Waals surface area contributed by atoms with E-state index in [2.05, 4.69) is 5.32 Å². The highest BCUT2D eigenvalue weighted by molar-refractivity contribution is 7.89. The van der Waals surface area contributed by atoms with Gasteiger partial charge in [0, 0.05) is 13.1 Å². The van der Waals surface area contributed by atoms with Crippen LogP contribution >= 0.6 is 0 Å². The van der Waals surface area contributed by atoms with E-state index in [-0.39, 0.29) is 12.3 Å². The van der Waals surface area contributed by atoms with Crippen LogP contribution in [-0.2, 0) is 14.8 Å². The van der Waals surface area contributed by atoms with Crippen LogP contribution in [-0.4, -0.2) is 50.6 Å². The van der Waals surface area contributed by atoms with E-state index in [4.69, 9.17) is 5.73 Å². The van der Waals surface area contributed by atoms with Crippen LogP contribution in [0.1, 0.15) is 32.6 Å². The summed E-state index contributed by atoms with van der Waals surface area (Å²) in [5.74, 6) is 0.275. The van der Waals surface area contributed by atoms with Gasteiger partial charge in [-0.05, 0) is 51.6 Å². The second-order valence-corrected chi connectivity index (χ2v) is 8.40. The van der Waals surface area contributed by atoms with Crippen LogP contribution in [0.25, 0.3) is 0 Å². The van der Waals surface area contributed by atoms with Gasteiger partial charge in [-0.3, -0.25) is 4.79 Å². The average Bonchev–Trinajstić information content (AvgIpc) is 2.83. The number of carbonyl (C=O) groups excluding carboxylic acids is 1. The molecule has 0 saturated carbocycles. The molecule has 116 valence electrons. The Bertz CT molecular complexity index is 459. The first kappa shape index (κ1) is 15.7. The maximum absolute atomic E-state index is 12.3. The molecular weight excluding hydrogens is 278 g/mol. The number of rotatable bonds is 5. The highest BCUT2D eigenvalue weighted by atomic mass is 32.2. The maximum Gasteiger partial charge on any atom is 0.224 e. The van der Waals surface area contributed by atoms with Crippen molar-refractivity contribution in [2.45, 2.75) is 32.6 Å². The van der Waals surface area contributed by atoms with Gasteiger partial charge < -0.3 is 11.1 Å². The number of hydrogen-bond acceptors (Lipinski definition) is 4. The lowest BCUT2D eigenvalue weighted by Gasteiger charge is -2.24. The van der Waals surface area contributed by atoms with E-state index in [0.717, 1.165) is 25.9 Å². The molecule has 0 aromatic rings. The number of primary amides is 1. The van der Waals surface area contributed by atoms with Gasteiger partial charge in [-0.25, -0.2) is 12.7 Å². The monoisotopic (exact) mass is 303 g/mol. The van der Waals surface area contributed by atoms with E-state index in [1.807, 2.05) is 0 Å². The van der Waals surface area contributed by atoms with E-state index in [0.29, 0.717) is 25.3 Å². The molecule has 2 rings (SSSR count). The Hall–Kier alpha value is -0.660. The summed E-state index contributed by atoms with van der Waals surface area (Å²) in [5, 5.41) is 3.28. The smallest absolute Gasteiger partial charge is 0.224 e. The summed E-state index contributed by atoms with van der Waals surface area (Å²) in [7, 11) is -3.26. The topological polar surface area (TPSA) is 92.5 Å². The zero-order valence-corrected chi connectivity index (χ0v) is 12.9. The van der Waals surface area contributed by atoms with Crippen molar-refractivity contribution >= 4 is 15.9 Å². The van der Waals surface area contributed by atoms with Crippen molar-refractivity contribution in [3.05, 3.63) is 0 Å². The molecule has 2 saturated heterocycles. The van der Waals surface area contributed by atoms with Crippen molar-refractivity contribution in [3.8, 4) is 0 Å². The van der Waals surface area contributed by atoms with Gasteiger partial charge in [0.15, 0.2) is 0 Å². The van der Waals surface area contributed by atoms with Crippen molar-refractivity contribution < 1.29 is 13.2 Å². The second-order valence-electron chi connectivity index (χ2n) is 6.31. The quantitative estimate of drug-likeness (QED) is 0.742. The summed E-state index contributed by atoms with van der Waals surface area (Å²) >= 11 is 0. The number of amides is 1. The lowest BCUT2D eigenvalue weighted by Crippen LogP contribution is -2.39. The molecule has 0 aliphatic carbocycles. The van der Waals surface area contributed by atoms with Gasteiger partial charge in [0.1, 0.15) is 0 Å². The summed E-state index contributed by atoms with van der Waals surface area (Å²) in [6, 6.07) is 0. The minimum absolute atomic E-state index is 0.187. The molecule has 20 heavy (non-hydrogen) atoms. The minimum atomic E-state index is -3.26. The first-order valence-corrected chi connectivity index (χ1v) is 8.93. The van der Waals surface area contributed by atoms with Crippen molar-refractivity contribution in [1.29, 1.82) is 0 Å². The summed E-state index contributed by atoms with van der Waals surface area (Å²) in [5.41, 5.74) is 4.65. The van der Waals surface area contributed by atoms with Crippen LogP contribution in [0, 0.1) is 11.3 Å². The third-order valence-corrected chi connectivity index (χ3v) is 6.52. The molecule has 0 bridgehead atoms. The molecule has 2 fully saturated rings. The van der Waals surface area contributed by atoms with Crippen molar-refractivity contribution in [2.75, 3.05) is 31.9 Å². The van der Waals surface area contributed by atoms with Gasteiger partial charge in [-0.2, -0.15) is 0 Å². The fourth-order valence-electron chi connectivity index (χ4n) is 2.97. The van der Waals surface area contributed by atoms with Gasteiger partial charge >= 0.3 is 0 Å². The first-order valence-electron chi connectivity index (χ1n) is 7.32. The normalized spacial score (nSPS) is 29.6. The molecule has 1 unspecified atom stereocenters. The number of nitrogens with one attached hydrogen (secondary N) is 1. The average molecular weight is 303 g/mol. The van der Waals surface area contributed by atoms with Crippen LogP contribution in [0.2, 0.25) is 0 Å². The molecule has 0 aromatic carbocycles. The molecule has 0 aromatic heterocycles. The van der Waals surface area contributed by atoms with E-state index < -0.39 is 21.3 Å². The Kier molecular flexibility index (Phi) is 4.71. The van der Waals surface area contributed by atoms with Gasteiger partial charge in [0.05, 0.1) is 11.2 Å². The molecule has 6 nitrogen and oxygen atoms in total. The summed E-state index contributed by atoms with van der Waals surface area (Å²) in [4.78, 5) is 11.4. The Morgan fingerprint density at radius 1 is 1.40 bits per heavy atom. The number of nitrogens with two attached hydrogens (primary N) is 1. The lowest BCUT2D eigenvalue weighted by molar-refractivity contribution is -0.126. The fourth-order valence-corrected chi connectivity index (χ4v) is 4.71. The van der Waals surface area contributed by atoms with Crippen LogP contribution in [0.5, 0.6) is 0 Å². The Labute approximate surface area is 121 Å².